The van der Waals surface area contributed by atoms with Crippen LogP contribution in [0.3, 0.4) is 0 Å². The zero-order valence-corrected chi connectivity index (χ0v) is 11.7. The van der Waals surface area contributed by atoms with Crippen LogP contribution >= 0.6 is 0 Å². The number of hydrogen-bond acceptors (Lipinski definition) is 1. The first-order chi connectivity index (χ1) is 10.4. The third-order valence-electron chi connectivity index (χ3n) is 3.77. The van der Waals surface area contributed by atoms with E-state index < -0.39 is 11.7 Å². The highest BCUT2D eigenvalue weighted by atomic mass is 19.4. The quantitative estimate of drug-likeness (QED) is 0.816. The topological polar surface area (TPSA) is 29.1 Å². The van der Waals surface area contributed by atoms with Crippen molar-refractivity contribution in [3.05, 3.63) is 53.6 Å². The minimum Gasteiger partial charge on any atom is -0.326 e. The summed E-state index contributed by atoms with van der Waals surface area (Å²) in [5, 5.41) is 2.84. The van der Waals surface area contributed by atoms with Crippen molar-refractivity contribution < 1.29 is 18.0 Å². The second-order valence-corrected chi connectivity index (χ2v) is 5.35. The van der Waals surface area contributed by atoms with E-state index in [-0.39, 0.29) is 5.91 Å². The van der Waals surface area contributed by atoms with Crippen molar-refractivity contribution in [2.45, 2.75) is 25.4 Å². The first-order valence-corrected chi connectivity index (χ1v) is 7.04. The lowest BCUT2D eigenvalue weighted by Crippen LogP contribution is -2.09. The van der Waals surface area contributed by atoms with Gasteiger partial charge in [0.15, 0.2) is 0 Å². The molecule has 0 radical (unpaired) electrons. The average molecular weight is 305 g/mol. The van der Waals surface area contributed by atoms with Gasteiger partial charge in [-0.2, -0.15) is 13.2 Å². The lowest BCUT2D eigenvalue weighted by molar-refractivity contribution is -0.137. The predicted molar refractivity (Wildman–Crippen MR) is 78.4 cm³/mol. The lowest BCUT2D eigenvalue weighted by atomic mass is 9.99. The highest BCUT2D eigenvalue weighted by molar-refractivity contribution is 5.92. The molecule has 5 heteroatoms. The maximum atomic E-state index is 12.6. The molecule has 0 aromatic heterocycles. The minimum absolute atomic E-state index is 0.000954. The normalized spacial score (nSPS) is 15.0. The maximum absolute atomic E-state index is 12.6. The van der Waals surface area contributed by atoms with E-state index in [0.29, 0.717) is 6.42 Å². The molecule has 2 aromatic rings. The molecule has 0 saturated carbocycles. The Hall–Kier alpha value is -2.30. The van der Waals surface area contributed by atoms with Gasteiger partial charge in [0, 0.05) is 12.1 Å². The first-order valence-electron chi connectivity index (χ1n) is 7.04. The number of carbonyl (C=O) groups excluding carboxylic acids is 1. The Morgan fingerprint density at radius 3 is 2.27 bits per heavy atom. The van der Waals surface area contributed by atoms with Crippen LogP contribution in [0.25, 0.3) is 11.1 Å². The number of anilines is 1. The van der Waals surface area contributed by atoms with Gasteiger partial charge >= 0.3 is 6.18 Å². The highest BCUT2D eigenvalue weighted by Gasteiger charge is 2.30. The van der Waals surface area contributed by atoms with Crippen molar-refractivity contribution in [2.75, 3.05) is 5.32 Å². The molecule has 1 N–H and O–H groups in total. The Balaban J connectivity index is 1.93. The smallest absolute Gasteiger partial charge is 0.326 e. The molecule has 0 saturated heterocycles. The van der Waals surface area contributed by atoms with Crippen LogP contribution in [0.15, 0.2) is 42.5 Å². The van der Waals surface area contributed by atoms with Crippen molar-refractivity contribution >= 4 is 11.6 Å². The van der Waals surface area contributed by atoms with Gasteiger partial charge in [-0.05, 0) is 53.8 Å². The Morgan fingerprint density at radius 1 is 0.909 bits per heavy atom. The van der Waals surface area contributed by atoms with Crippen LogP contribution < -0.4 is 5.32 Å². The van der Waals surface area contributed by atoms with Gasteiger partial charge in [-0.25, -0.2) is 0 Å². The molecule has 114 valence electrons. The van der Waals surface area contributed by atoms with E-state index in [4.69, 9.17) is 0 Å². The molecule has 0 unspecified atom stereocenters. The van der Waals surface area contributed by atoms with Crippen LogP contribution in [-0.2, 0) is 17.4 Å². The number of amides is 1. The first kappa shape index (κ1) is 14.6. The molecular formula is C17H14F3NO. The van der Waals surface area contributed by atoms with Gasteiger partial charge in [-0.3, -0.25) is 4.79 Å². The summed E-state index contributed by atoms with van der Waals surface area (Å²) in [4.78, 5) is 11.5. The number of halogens is 3. The van der Waals surface area contributed by atoms with Gasteiger partial charge in [0.25, 0.3) is 0 Å². The van der Waals surface area contributed by atoms with Crippen molar-refractivity contribution in [3.63, 3.8) is 0 Å². The zero-order chi connectivity index (χ0) is 15.7. The summed E-state index contributed by atoms with van der Waals surface area (Å²) in [6.07, 6.45) is -2.28. The molecule has 1 aliphatic rings. The van der Waals surface area contributed by atoms with Gasteiger partial charge in [0.2, 0.25) is 5.91 Å². The van der Waals surface area contributed by atoms with Gasteiger partial charge in [-0.1, -0.05) is 18.2 Å². The molecule has 2 nitrogen and oxygen atoms in total. The minimum atomic E-state index is -4.32. The van der Waals surface area contributed by atoms with E-state index in [2.05, 4.69) is 5.32 Å². The van der Waals surface area contributed by atoms with Gasteiger partial charge in [0.1, 0.15) is 0 Å². The fourth-order valence-corrected chi connectivity index (χ4v) is 2.61. The van der Waals surface area contributed by atoms with E-state index in [1.165, 1.54) is 12.1 Å². The molecule has 0 fully saturated rings. The summed E-state index contributed by atoms with van der Waals surface area (Å²) in [6, 6.07) is 10.7. The van der Waals surface area contributed by atoms with E-state index in [0.717, 1.165) is 47.4 Å². The van der Waals surface area contributed by atoms with Gasteiger partial charge in [0.05, 0.1) is 5.56 Å². The Bertz CT molecular complexity index is 705. The largest absolute Gasteiger partial charge is 0.416 e. The second-order valence-electron chi connectivity index (χ2n) is 5.35. The molecule has 0 bridgehead atoms. The molecule has 1 aliphatic heterocycles. The molecule has 2 aromatic carbocycles. The Labute approximate surface area is 126 Å². The molecular weight excluding hydrogens is 291 g/mol. The van der Waals surface area contributed by atoms with Gasteiger partial charge in [-0.15, -0.1) is 0 Å². The molecule has 0 atom stereocenters. The van der Waals surface area contributed by atoms with Crippen LogP contribution in [0.1, 0.15) is 24.0 Å². The molecule has 22 heavy (non-hydrogen) atoms. The molecule has 3 rings (SSSR count). The zero-order valence-electron chi connectivity index (χ0n) is 11.7. The van der Waals surface area contributed by atoms with Crippen LogP contribution in [0.4, 0.5) is 18.9 Å². The summed E-state index contributed by atoms with van der Waals surface area (Å²) < 4.78 is 37.8. The van der Waals surface area contributed by atoms with Crippen molar-refractivity contribution in [3.8, 4) is 11.1 Å². The maximum Gasteiger partial charge on any atom is 0.416 e. The summed E-state index contributed by atoms with van der Waals surface area (Å²) in [6.45, 7) is 0. The molecule has 1 heterocycles. The average Bonchev–Trinajstić information content (AvgIpc) is 2.66. The number of benzene rings is 2. The number of fused-ring (bicyclic) bond motifs is 1. The van der Waals surface area contributed by atoms with Crippen molar-refractivity contribution in [2.24, 2.45) is 0 Å². The summed E-state index contributed by atoms with van der Waals surface area (Å²) in [5.74, 6) is 0.000954. The van der Waals surface area contributed by atoms with Crippen LogP contribution in [0, 0.1) is 0 Å². The highest BCUT2D eigenvalue weighted by Crippen LogP contribution is 2.32. The number of hydrogen-bond donors (Lipinski definition) is 1. The summed E-state index contributed by atoms with van der Waals surface area (Å²) in [7, 11) is 0. The Morgan fingerprint density at radius 2 is 1.59 bits per heavy atom. The van der Waals surface area contributed by atoms with Crippen molar-refractivity contribution in [1.82, 2.24) is 0 Å². The molecule has 0 spiro atoms. The summed E-state index contributed by atoms with van der Waals surface area (Å²) >= 11 is 0. The number of rotatable bonds is 1. The molecule has 1 amide bonds. The fraction of sp³-hybridized carbons (Fsp3) is 0.235. The van der Waals surface area contributed by atoms with E-state index in [1.807, 2.05) is 18.2 Å². The van der Waals surface area contributed by atoms with E-state index in [9.17, 15) is 18.0 Å². The third kappa shape index (κ3) is 2.98. The molecule has 0 aliphatic carbocycles. The number of nitrogens with one attached hydrogen (secondary N) is 1. The second kappa shape index (κ2) is 5.48. The van der Waals surface area contributed by atoms with E-state index >= 15 is 0 Å². The number of alkyl halides is 3. The van der Waals surface area contributed by atoms with Gasteiger partial charge < -0.3 is 5.32 Å². The standard InChI is InChI=1S/C17H14F3NO/c18-17(19,20)14-7-4-11(5-8-14)12-6-9-15-13(10-12)2-1-3-16(22)21-15/h4-10H,1-3H2,(H,21,22). The lowest BCUT2D eigenvalue weighted by Gasteiger charge is -2.11. The monoisotopic (exact) mass is 305 g/mol. The summed E-state index contributed by atoms with van der Waals surface area (Å²) in [5.41, 5.74) is 2.73. The van der Waals surface area contributed by atoms with Crippen LogP contribution in [0.2, 0.25) is 0 Å². The van der Waals surface area contributed by atoms with Crippen LogP contribution in [-0.4, -0.2) is 5.91 Å². The van der Waals surface area contributed by atoms with Crippen molar-refractivity contribution in [1.29, 1.82) is 0 Å². The fourth-order valence-electron chi connectivity index (χ4n) is 2.61. The SMILES string of the molecule is O=C1CCCc2cc(-c3ccc(C(F)(F)F)cc3)ccc2N1. The van der Waals surface area contributed by atoms with E-state index in [1.54, 1.807) is 0 Å². The predicted octanol–water partition coefficient (Wildman–Crippen LogP) is 4.65. The number of aryl methyl sites for hydroxylation is 1. The third-order valence-corrected chi connectivity index (χ3v) is 3.77. The Kier molecular flexibility index (Phi) is 3.64. The number of carbonyl (C=O) groups is 1. The van der Waals surface area contributed by atoms with Crippen LogP contribution in [0.5, 0.6) is 0 Å².